The molecule has 7 heteroatoms. The van der Waals surface area contributed by atoms with Gasteiger partial charge in [0.15, 0.2) is 16.6 Å². The SMILES string of the molecule is Cn1cc(CC(=O)Nc2nc3cc4c(cc3s2)OCCO4)c2ccccc21. The molecule has 2 aromatic heterocycles. The molecule has 0 aliphatic carbocycles. The molecule has 0 radical (unpaired) electrons. The molecule has 0 saturated carbocycles. The molecule has 2 aromatic carbocycles. The number of aryl methyl sites for hydroxylation is 1. The second kappa shape index (κ2) is 6.28. The summed E-state index contributed by atoms with van der Waals surface area (Å²) in [7, 11) is 1.99. The third-order valence-corrected chi connectivity index (χ3v) is 5.56. The lowest BCUT2D eigenvalue weighted by Gasteiger charge is -2.17. The van der Waals surface area contributed by atoms with E-state index in [1.807, 2.05) is 48.1 Å². The number of anilines is 1. The Morgan fingerprint density at radius 3 is 2.85 bits per heavy atom. The average Bonchev–Trinajstić information content (AvgIpc) is 3.20. The van der Waals surface area contributed by atoms with Gasteiger partial charge in [-0.25, -0.2) is 4.98 Å². The van der Waals surface area contributed by atoms with Crippen LogP contribution in [0.4, 0.5) is 5.13 Å². The van der Waals surface area contributed by atoms with Crippen LogP contribution in [-0.4, -0.2) is 28.7 Å². The molecule has 1 amide bonds. The first kappa shape index (κ1) is 16.1. The first-order valence-corrected chi connectivity index (χ1v) is 9.52. The van der Waals surface area contributed by atoms with Crippen molar-refractivity contribution in [3.8, 4) is 11.5 Å². The number of hydrogen-bond acceptors (Lipinski definition) is 5. The Labute approximate surface area is 159 Å². The maximum Gasteiger partial charge on any atom is 0.230 e. The number of carbonyl (C=O) groups is 1. The van der Waals surface area contributed by atoms with Gasteiger partial charge in [0.1, 0.15) is 13.2 Å². The molecular weight excluding hydrogens is 362 g/mol. The van der Waals surface area contributed by atoms with Crippen molar-refractivity contribution in [2.24, 2.45) is 7.05 Å². The first-order chi connectivity index (χ1) is 13.2. The second-order valence-electron chi connectivity index (χ2n) is 6.49. The molecule has 0 spiro atoms. The van der Waals surface area contributed by atoms with Gasteiger partial charge in [-0.3, -0.25) is 4.79 Å². The number of rotatable bonds is 3. The van der Waals surface area contributed by atoms with Crippen molar-refractivity contribution in [3.63, 3.8) is 0 Å². The van der Waals surface area contributed by atoms with Crippen LogP contribution in [-0.2, 0) is 18.3 Å². The zero-order chi connectivity index (χ0) is 18.4. The lowest BCUT2D eigenvalue weighted by Crippen LogP contribution is -2.15. The van der Waals surface area contributed by atoms with E-state index in [4.69, 9.17) is 9.47 Å². The molecule has 5 rings (SSSR count). The maximum absolute atomic E-state index is 12.6. The third-order valence-electron chi connectivity index (χ3n) is 4.63. The van der Waals surface area contributed by atoms with Gasteiger partial charge in [-0.15, -0.1) is 0 Å². The summed E-state index contributed by atoms with van der Waals surface area (Å²) in [6, 6.07) is 11.9. The summed E-state index contributed by atoms with van der Waals surface area (Å²) < 4.78 is 14.2. The molecule has 3 heterocycles. The number of thiazole rings is 1. The van der Waals surface area contributed by atoms with E-state index >= 15 is 0 Å². The first-order valence-electron chi connectivity index (χ1n) is 8.70. The summed E-state index contributed by atoms with van der Waals surface area (Å²) in [6.07, 6.45) is 2.31. The summed E-state index contributed by atoms with van der Waals surface area (Å²) in [5.41, 5.74) is 2.92. The highest BCUT2D eigenvalue weighted by Crippen LogP contribution is 2.37. The highest BCUT2D eigenvalue weighted by molar-refractivity contribution is 7.22. The number of benzene rings is 2. The van der Waals surface area contributed by atoms with Gasteiger partial charge < -0.3 is 19.4 Å². The summed E-state index contributed by atoms with van der Waals surface area (Å²) in [4.78, 5) is 17.1. The van der Waals surface area contributed by atoms with Crippen molar-refractivity contribution >= 4 is 43.5 Å². The van der Waals surface area contributed by atoms with Gasteiger partial charge in [0, 0.05) is 36.3 Å². The van der Waals surface area contributed by atoms with Crippen molar-refractivity contribution in [1.29, 1.82) is 0 Å². The molecule has 1 N–H and O–H groups in total. The van der Waals surface area contributed by atoms with Crippen LogP contribution in [0.15, 0.2) is 42.6 Å². The van der Waals surface area contributed by atoms with E-state index < -0.39 is 0 Å². The van der Waals surface area contributed by atoms with Crippen molar-refractivity contribution in [1.82, 2.24) is 9.55 Å². The minimum Gasteiger partial charge on any atom is -0.486 e. The quantitative estimate of drug-likeness (QED) is 0.589. The molecule has 0 saturated heterocycles. The number of para-hydroxylation sites is 1. The predicted octanol–water partition coefficient (Wildman–Crippen LogP) is 3.74. The molecule has 136 valence electrons. The topological polar surface area (TPSA) is 65.4 Å². The van der Waals surface area contributed by atoms with E-state index in [1.54, 1.807) is 0 Å². The van der Waals surface area contributed by atoms with Gasteiger partial charge >= 0.3 is 0 Å². The van der Waals surface area contributed by atoms with Crippen molar-refractivity contribution < 1.29 is 14.3 Å². The van der Waals surface area contributed by atoms with Gasteiger partial charge in [-0.05, 0) is 11.6 Å². The molecule has 0 bridgehead atoms. The van der Waals surface area contributed by atoms with E-state index in [0.717, 1.165) is 32.4 Å². The summed E-state index contributed by atoms with van der Waals surface area (Å²) in [5, 5.41) is 4.60. The van der Waals surface area contributed by atoms with E-state index in [2.05, 4.69) is 16.4 Å². The smallest absolute Gasteiger partial charge is 0.230 e. The zero-order valence-corrected chi connectivity index (χ0v) is 15.5. The van der Waals surface area contributed by atoms with Crippen LogP contribution in [0.5, 0.6) is 11.5 Å². The molecule has 0 atom stereocenters. The lowest BCUT2D eigenvalue weighted by atomic mass is 10.1. The number of amides is 1. The normalized spacial score (nSPS) is 13.2. The van der Waals surface area contributed by atoms with Gasteiger partial charge in [-0.2, -0.15) is 0 Å². The van der Waals surface area contributed by atoms with Crippen molar-refractivity contribution in [2.75, 3.05) is 18.5 Å². The fraction of sp³-hybridized carbons (Fsp3) is 0.200. The number of carbonyl (C=O) groups excluding carboxylic acids is 1. The van der Waals surface area contributed by atoms with Crippen LogP contribution >= 0.6 is 11.3 Å². The Balaban J connectivity index is 1.38. The molecule has 1 aliphatic rings. The van der Waals surface area contributed by atoms with Crippen LogP contribution in [0, 0.1) is 0 Å². The molecule has 1 aliphatic heterocycles. The van der Waals surface area contributed by atoms with Gasteiger partial charge in [0.05, 0.1) is 16.6 Å². The number of hydrogen-bond donors (Lipinski definition) is 1. The number of nitrogens with one attached hydrogen (secondary N) is 1. The van der Waals surface area contributed by atoms with Crippen LogP contribution in [0.25, 0.3) is 21.1 Å². The predicted molar refractivity (Wildman–Crippen MR) is 106 cm³/mol. The number of ether oxygens (including phenoxy) is 2. The standard InChI is InChI=1S/C20H17N3O3S/c1-23-11-12(13-4-2-3-5-15(13)23)8-19(24)22-20-21-14-9-16-17(10-18(14)27-20)26-7-6-25-16/h2-5,9-11H,6-8H2,1H3,(H,21,22,24). The monoisotopic (exact) mass is 379 g/mol. The fourth-order valence-corrected chi connectivity index (χ4v) is 4.31. The van der Waals surface area contributed by atoms with Crippen LogP contribution in [0.3, 0.4) is 0 Å². The Hall–Kier alpha value is -3.06. The fourth-order valence-electron chi connectivity index (χ4n) is 3.42. The number of fused-ring (bicyclic) bond motifs is 3. The molecule has 0 fully saturated rings. The molecule has 27 heavy (non-hydrogen) atoms. The minimum absolute atomic E-state index is 0.0809. The molecular formula is C20H17N3O3S. The number of nitrogens with zero attached hydrogens (tertiary/aromatic N) is 2. The maximum atomic E-state index is 12.6. The Morgan fingerprint density at radius 1 is 1.22 bits per heavy atom. The summed E-state index contributed by atoms with van der Waals surface area (Å²) >= 11 is 1.43. The van der Waals surface area contributed by atoms with Crippen LogP contribution in [0.2, 0.25) is 0 Å². The molecule has 6 nitrogen and oxygen atoms in total. The van der Waals surface area contributed by atoms with Gasteiger partial charge in [0.25, 0.3) is 0 Å². The van der Waals surface area contributed by atoms with E-state index in [-0.39, 0.29) is 5.91 Å². The summed E-state index contributed by atoms with van der Waals surface area (Å²) in [5.74, 6) is 1.35. The highest BCUT2D eigenvalue weighted by Gasteiger charge is 2.17. The van der Waals surface area contributed by atoms with Crippen LogP contribution < -0.4 is 14.8 Å². The molecule has 0 unspecified atom stereocenters. The van der Waals surface area contributed by atoms with E-state index in [0.29, 0.717) is 30.5 Å². The van der Waals surface area contributed by atoms with E-state index in [9.17, 15) is 4.79 Å². The van der Waals surface area contributed by atoms with Gasteiger partial charge in [0.2, 0.25) is 5.91 Å². The Kier molecular flexibility index (Phi) is 3.75. The minimum atomic E-state index is -0.0809. The Morgan fingerprint density at radius 2 is 2.00 bits per heavy atom. The third kappa shape index (κ3) is 2.90. The summed E-state index contributed by atoms with van der Waals surface area (Å²) in [6.45, 7) is 1.09. The Bertz CT molecular complexity index is 1140. The van der Waals surface area contributed by atoms with Crippen molar-refractivity contribution in [2.45, 2.75) is 6.42 Å². The molecule has 4 aromatic rings. The van der Waals surface area contributed by atoms with Crippen LogP contribution in [0.1, 0.15) is 5.56 Å². The lowest BCUT2D eigenvalue weighted by molar-refractivity contribution is -0.115. The van der Waals surface area contributed by atoms with E-state index in [1.165, 1.54) is 11.3 Å². The van der Waals surface area contributed by atoms with Crippen molar-refractivity contribution in [3.05, 3.63) is 48.2 Å². The van der Waals surface area contributed by atoms with Gasteiger partial charge in [-0.1, -0.05) is 29.5 Å². The number of aromatic nitrogens is 2. The largest absolute Gasteiger partial charge is 0.486 e. The zero-order valence-electron chi connectivity index (χ0n) is 14.7. The second-order valence-corrected chi connectivity index (χ2v) is 7.52. The average molecular weight is 379 g/mol. The highest BCUT2D eigenvalue weighted by atomic mass is 32.1.